The predicted molar refractivity (Wildman–Crippen MR) is 112 cm³/mol. The topological polar surface area (TPSA) is 76.6 Å². The Hall–Kier alpha value is -2.16. The fraction of sp³-hybridized carbons (Fsp3) is 0.476. The molecule has 29 heavy (non-hydrogen) atoms. The maximum Gasteiger partial charge on any atom is 0.251 e. The van der Waals surface area contributed by atoms with E-state index in [1.165, 1.54) is 0 Å². The minimum atomic E-state index is 0.0115. The Bertz CT molecular complexity index is 836. The summed E-state index contributed by atoms with van der Waals surface area (Å²) >= 11 is 1.59. The number of aromatic nitrogens is 2. The molecule has 1 aromatic carbocycles. The van der Waals surface area contributed by atoms with Crippen LogP contribution in [0.5, 0.6) is 0 Å². The number of benzene rings is 1. The number of nitrogens with one attached hydrogen (secondary N) is 1. The first-order valence-corrected chi connectivity index (χ1v) is 10.9. The Morgan fingerprint density at radius 3 is 2.69 bits per heavy atom. The van der Waals surface area contributed by atoms with E-state index in [2.05, 4.69) is 15.2 Å². The highest BCUT2D eigenvalue weighted by atomic mass is 32.2. The van der Waals surface area contributed by atoms with Crippen molar-refractivity contribution < 1.29 is 14.3 Å². The van der Waals surface area contributed by atoms with Crippen molar-refractivity contribution in [3.05, 3.63) is 47.2 Å². The first-order chi connectivity index (χ1) is 14.2. The number of hydrogen-bond donors (Lipinski definition) is 1. The minimum absolute atomic E-state index is 0.0115. The third-order valence-corrected chi connectivity index (χ3v) is 5.79. The van der Waals surface area contributed by atoms with Crippen LogP contribution in [0.1, 0.15) is 34.5 Å². The van der Waals surface area contributed by atoms with Gasteiger partial charge in [0.05, 0.1) is 25.5 Å². The maximum atomic E-state index is 12.1. The van der Waals surface area contributed by atoms with Crippen LogP contribution in [0.25, 0.3) is 0 Å². The lowest BCUT2D eigenvalue weighted by Crippen LogP contribution is -2.37. The van der Waals surface area contributed by atoms with Gasteiger partial charge in [-0.05, 0) is 30.5 Å². The molecule has 2 heterocycles. The monoisotopic (exact) mass is 414 g/mol. The van der Waals surface area contributed by atoms with E-state index in [1.54, 1.807) is 18.9 Å². The second-order valence-electron chi connectivity index (χ2n) is 7.27. The van der Waals surface area contributed by atoms with E-state index in [1.807, 2.05) is 30.3 Å². The van der Waals surface area contributed by atoms with Gasteiger partial charge >= 0.3 is 0 Å². The van der Waals surface area contributed by atoms with E-state index in [0.29, 0.717) is 31.4 Å². The number of rotatable bonds is 8. The molecule has 0 unspecified atom stereocenters. The van der Waals surface area contributed by atoms with E-state index < -0.39 is 0 Å². The number of nitrogens with zero attached hydrogens (tertiary/aromatic N) is 3. The molecule has 1 saturated carbocycles. The fourth-order valence-electron chi connectivity index (χ4n) is 3.10. The van der Waals surface area contributed by atoms with E-state index in [0.717, 1.165) is 53.9 Å². The van der Waals surface area contributed by atoms with Gasteiger partial charge in [0.2, 0.25) is 0 Å². The zero-order chi connectivity index (χ0) is 20.1. The zero-order valence-electron chi connectivity index (χ0n) is 16.6. The highest BCUT2D eigenvalue weighted by molar-refractivity contribution is 7.98. The molecule has 7 nitrogen and oxygen atoms in total. The quantitative estimate of drug-likeness (QED) is 0.526. The van der Waals surface area contributed by atoms with Gasteiger partial charge in [0.25, 0.3) is 5.91 Å². The van der Waals surface area contributed by atoms with Gasteiger partial charge in [0.15, 0.2) is 5.16 Å². The van der Waals surface area contributed by atoms with Gasteiger partial charge in [-0.25, -0.2) is 9.97 Å². The number of ether oxygens (including phenoxy) is 2. The van der Waals surface area contributed by atoms with Crippen molar-refractivity contribution in [2.45, 2.75) is 36.4 Å². The molecule has 1 aromatic heterocycles. The van der Waals surface area contributed by atoms with Crippen LogP contribution in [0.2, 0.25) is 0 Å². The first kappa shape index (κ1) is 20.1. The van der Waals surface area contributed by atoms with Gasteiger partial charge in [-0.1, -0.05) is 23.9 Å². The number of hydrogen-bond acceptors (Lipinski definition) is 7. The average molecular weight is 415 g/mol. The molecule has 1 saturated heterocycles. The summed E-state index contributed by atoms with van der Waals surface area (Å²) in [5.74, 6) is 1.67. The number of carbonyl (C=O) groups excluding carboxylic acids is 1. The smallest absolute Gasteiger partial charge is 0.251 e. The molecular formula is C21H26N4O3S. The third-order valence-electron chi connectivity index (χ3n) is 4.87. The van der Waals surface area contributed by atoms with Gasteiger partial charge in [0.1, 0.15) is 5.82 Å². The summed E-state index contributed by atoms with van der Waals surface area (Å²) in [6.07, 6.45) is 2.18. The summed E-state index contributed by atoms with van der Waals surface area (Å²) in [5, 5.41) is 3.75. The number of anilines is 1. The SMILES string of the molecule is COCc1cc(N2CCOCC2)nc(SCc2ccc(C(=O)NC3CC3)cc2)n1. The molecule has 0 bridgehead atoms. The third kappa shape index (κ3) is 5.68. The molecule has 1 aliphatic carbocycles. The Morgan fingerprint density at radius 2 is 2.00 bits per heavy atom. The Morgan fingerprint density at radius 1 is 1.24 bits per heavy atom. The van der Waals surface area contributed by atoms with Crippen molar-refractivity contribution in [3.63, 3.8) is 0 Å². The number of thioether (sulfide) groups is 1. The van der Waals surface area contributed by atoms with E-state index in [9.17, 15) is 4.79 Å². The van der Waals surface area contributed by atoms with Crippen molar-refractivity contribution in [1.29, 1.82) is 0 Å². The lowest BCUT2D eigenvalue weighted by molar-refractivity contribution is 0.0951. The minimum Gasteiger partial charge on any atom is -0.378 e. The van der Waals surface area contributed by atoms with Crippen molar-refractivity contribution in [2.75, 3.05) is 38.3 Å². The standard InChI is InChI=1S/C21H26N4O3S/c1-27-13-18-12-19(25-8-10-28-11-9-25)24-21(23-18)29-14-15-2-4-16(5-3-15)20(26)22-17-6-7-17/h2-5,12,17H,6-11,13-14H2,1H3,(H,22,26). The van der Waals surface area contributed by atoms with Gasteiger partial charge in [-0.3, -0.25) is 4.79 Å². The van der Waals surface area contributed by atoms with Gasteiger partial charge in [0, 0.05) is 43.6 Å². The van der Waals surface area contributed by atoms with Crippen LogP contribution < -0.4 is 10.2 Å². The second kappa shape index (κ2) is 9.56. The van der Waals surface area contributed by atoms with E-state index in [4.69, 9.17) is 14.5 Å². The molecule has 2 aromatic rings. The molecule has 2 fully saturated rings. The lowest BCUT2D eigenvalue weighted by Gasteiger charge is -2.28. The molecule has 154 valence electrons. The fourth-order valence-corrected chi connectivity index (χ4v) is 3.92. The van der Waals surface area contributed by atoms with Crippen LogP contribution in [-0.4, -0.2) is 55.3 Å². The second-order valence-corrected chi connectivity index (χ2v) is 8.21. The molecule has 1 aliphatic heterocycles. The number of morpholine rings is 1. The molecule has 8 heteroatoms. The van der Waals surface area contributed by atoms with Crippen LogP contribution in [0, 0.1) is 0 Å². The number of methoxy groups -OCH3 is 1. The van der Waals surface area contributed by atoms with Crippen LogP contribution in [0.4, 0.5) is 5.82 Å². The molecule has 4 rings (SSSR count). The zero-order valence-corrected chi connectivity index (χ0v) is 17.4. The summed E-state index contributed by atoms with van der Waals surface area (Å²) in [5.41, 5.74) is 2.71. The summed E-state index contributed by atoms with van der Waals surface area (Å²) in [6.45, 7) is 3.55. The van der Waals surface area contributed by atoms with Crippen molar-refractivity contribution >= 4 is 23.5 Å². The highest BCUT2D eigenvalue weighted by Gasteiger charge is 2.23. The van der Waals surface area contributed by atoms with Crippen LogP contribution >= 0.6 is 11.8 Å². The van der Waals surface area contributed by atoms with Gasteiger partial charge in [-0.2, -0.15) is 0 Å². The largest absolute Gasteiger partial charge is 0.378 e. The van der Waals surface area contributed by atoms with E-state index >= 15 is 0 Å². The molecule has 1 amide bonds. The highest BCUT2D eigenvalue weighted by Crippen LogP contribution is 2.24. The average Bonchev–Trinajstić information content (AvgIpc) is 3.57. The first-order valence-electron chi connectivity index (χ1n) is 9.93. The predicted octanol–water partition coefficient (Wildman–Crippen LogP) is 2.64. The molecular weight excluding hydrogens is 388 g/mol. The molecule has 2 aliphatic rings. The molecule has 0 spiro atoms. The lowest BCUT2D eigenvalue weighted by atomic mass is 10.1. The van der Waals surface area contributed by atoms with Crippen LogP contribution in [0.15, 0.2) is 35.5 Å². The van der Waals surface area contributed by atoms with Crippen LogP contribution in [0.3, 0.4) is 0 Å². The van der Waals surface area contributed by atoms with Gasteiger partial charge in [-0.15, -0.1) is 0 Å². The number of amides is 1. The van der Waals surface area contributed by atoms with E-state index in [-0.39, 0.29) is 5.91 Å². The molecule has 0 radical (unpaired) electrons. The Balaban J connectivity index is 1.41. The maximum absolute atomic E-state index is 12.1. The van der Waals surface area contributed by atoms with Crippen molar-refractivity contribution in [1.82, 2.24) is 15.3 Å². The molecule has 1 N–H and O–H groups in total. The van der Waals surface area contributed by atoms with Crippen molar-refractivity contribution in [2.24, 2.45) is 0 Å². The Kier molecular flexibility index (Phi) is 6.63. The number of carbonyl (C=O) groups is 1. The Labute approximate surface area is 175 Å². The van der Waals surface area contributed by atoms with Crippen molar-refractivity contribution in [3.8, 4) is 0 Å². The summed E-state index contributed by atoms with van der Waals surface area (Å²) in [6, 6.07) is 10.1. The summed E-state index contributed by atoms with van der Waals surface area (Å²) in [4.78, 5) is 23.7. The summed E-state index contributed by atoms with van der Waals surface area (Å²) < 4.78 is 10.7. The molecule has 0 atom stereocenters. The normalized spacial score (nSPS) is 16.7. The van der Waals surface area contributed by atoms with Crippen LogP contribution in [-0.2, 0) is 21.8 Å². The van der Waals surface area contributed by atoms with Gasteiger partial charge < -0.3 is 19.7 Å². The summed E-state index contributed by atoms with van der Waals surface area (Å²) in [7, 11) is 1.67.